The average molecular weight is 377 g/mol. The van der Waals surface area contributed by atoms with Crippen molar-refractivity contribution in [2.75, 3.05) is 13.9 Å². The van der Waals surface area contributed by atoms with Crippen molar-refractivity contribution < 1.29 is 23.8 Å². The minimum Gasteiger partial charge on any atom is -0.462 e. The molecular formula is C21H31NO5. The van der Waals surface area contributed by atoms with Gasteiger partial charge in [0.1, 0.15) is 13.2 Å². The first kappa shape index (κ1) is 17.9. The summed E-state index contributed by atoms with van der Waals surface area (Å²) in [6.45, 7) is 5.06. The SMILES string of the molecule is CO/N=C/[C@@H]1[C@@H]([C@@]2(C)CC[C@H]3C[C@@H]2C(=O)O3)CC[C@@]2(C)[C@H]1CCC21OCO1. The summed E-state index contributed by atoms with van der Waals surface area (Å²) in [7, 11) is 1.60. The molecule has 5 fully saturated rings. The standard InChI is InChI=1S/C21H31NO5/c1-19(7-4-13-10-17(19)18(23)27-13)15-5-8-20(2)16(14(15)11-22-24-3)6-9-21(20)25-12-26-21/h11,13-17H,4-10,12H2,1-3H3/b22-11+/t13-,14+,15-,16-,17+,19+,20-/m0/s1. The summed E-state index contributed by atoms with van der Waals surface area (Å²) in [5.74, 6) is 0.738. The van der Waals surface area contributed by atoms with Crippen LogP contribution in [0.25, 0.3) is 0 Å². The van der Waals surface area contributed by atoms with Gasteiger partial charge in [-0.2, -0.15) is 0 Å². The van der Waals surface area contributed by atoms with Crippen LogP contribution in [0.2, 0.25) is 0 Å². The molecule has 6 nitrogen and oxygen atoms in total. The number of rotatable bonds is 3. The number of nitrogens with zero attached hydrogens (tertiary/aromatic N) is 1. The van der Waals surface area contributed by atoms with Crippen LogP contribution in [-0.4, -0.2) is 38.0 Å². The lowest BCUT2D eigenvalue weighted by Crippen LogP contribution is -2.60. The lowest BCUT2D eigenvalue weighted by Gasteiger charge is -2.58. The van der Waals surface area contributed by atoms with Crippen molar-refractivity contribution in [3.63, 3.8) is 0 Å². The van der Waals surface area contributed by atoms with E-state index < -0.39 is 5.79 Å². The van der Waals surface area contributed by atoms with Crippen molar-refractivity contribution >= 4 is 12.2 Å². The molecule has 2 saturated heterocycles. The van der Waals surface area contributed by atoms with Gasteiger partial charge in [-0.25, -0.2) is 0 Å². The minimum atomic E-state index is -0.410. The highest BCUT2D eigenvalue weighted by Gasteiger charge is 2.68. The fourth-order valence-electron chi connectivity index (χ4n) is 7.40. The number of ether oxygens (including phenoxy) is 3. The Balaban J connectivity index is 1.50. The number of hydrogen-bond acceptors (Lipinski definition) is 6. The largest absolute Gasteiger partial charge is 0.462 e. The van der Waals surface area contributed by atoms with E-state index in [1.54, 1.807) is 7.11 Å². The summed E-state index contributed by atoms with van der Waals surface area (Å²) in [6.07, 6.45) is 9.23. The van der Waals surface area contributed by atoms with Gasteiger partial charge >= 0.3 is 5.97 Å². The molecule has 0 aromatic carbocycles. The predicted molar refractivity (Wildman–Crippen MR) is 97.6 cm³/mol. The van der Waals surface area contributed by atoms with E-state index in [0.717, 1.165) is 44.9 Å². The van der Waals surface area contributed by atoms with Crippen molar-refractivity contribution in [1.29, 1.82) is 0 Å². The Kier molecular flexibility index (Phi) is 3.94. The van der Waals surface area contributed by atoms with E-state index in [1.807, 2.05) is 6.21 Å². The van der Waals surface area contributed by atoms with Crippen molar-refractivity contribution in [1.82, 2.24) is 0 Å². The van der Waals surface area contributed by atoms with Gasteiger partial charge < -0.3 is 19.0 Å². The second-order valence-corrected chi connectivity index (χ2v) is 9.77. The molecule has 0 unspecified atom stereocenters. The van der Waals surface area contributed by atoms with Gasteiger partial charge in [-0.05, 0) is 55.8 Å². The molecule has 7 atom stereocenters. The van der Waals surface area contributed by atoms with E-state index in [1.165, 1.54) is 0 Å². The van der Waals surface area contributed by atoms with Gasteiger partial charge in [-0.1, -0.05) is 19.0 Å². The summed E-state index contributed by atoms with van der Waals surface area (Å²) >= 11 is 0. The lowest BCUT2D eigenvalue weighted by atomic mass is 9.49. The molecule has 0 radical (unpaired) electrons. The van der Waals surface area contributed by atoms with E-state index in [2.05, 4.69) is 19.0 Å². The number of carbonyl (C=O) groups is 1. The molecule has 2 heterocycles. The number of hydrogen-bond donors (Lipinski definition) is 0. The highest BCUT2D eigenvalue weighted by Crippen LogP contribution is 2.67. The molecule has 0 amide bonds. The molecule has 1 spiro atoms. The minimum absolute atomic E-state index is 0.00404. The van der Waals surface area contributed by atoms with Crippen LogP contribution in [0, 0.1) is 34.5 Å². The van der Waals surface area contributed by atoms with Crippen LogP contribution in [0.4, 0.5) is 0 Å². The molecule has 0 aromatic rings. The summed E-state index contributed by atoms with van der Waals surface area (Å²) in [4.78, 5) is 17.6. The van der Waals surface area contributed by atoms with E-state index in [0.29, 0.717) is 18.6 Å². The Morgan fingerprint density at radius 2 is 1.89 bits per heavy atom. The summed E-state index contributed by atoms with van der Waals surface area (Å²) in [6, 6.07) is 0. The quantitative estimate of drug-likeness (QED) is 0.428. The molecule has 2 aliphatic heterocycles. The fraction of sp³-hybridized carbons (Fsp3) is 0.905. The van der Waals surface area contributed by atoms with Gasteiger partial charge in [0.05, 0.1) is 5.92 Å². The molecule has 0 aromatic heterocycles. The zero-order chi connectivity index (χ0) is 18.9. The molecule has 150 valence electrons. The van der Waals surface area contributed by atoms with E-state index in [-0.39, 0.29) is 34.7 Å². The van der Waals surface area contributed by atoms with Crippen molar-refractivity contribution in [2.45, 2.75) is 70.7 Å². The number of carbonyl (C=O) groups excluding carboxylic acids is 1. The maximum atomic E-state index is 12.6. The first-order valence-corrected chi connectivity index (χ1v) is 10.5. The summed E-state index contributed by atoms with van der Waals surface area (Å²) < 4.78 is 17.6. The van der Waals surface area contributed by atoms with E-state index in [9.17, 15) is 4.79 Å². The Morgan fingerprint density at radius 1 is 1.11 bits per heavy atom. The van der Waals surface area contributed by atoms with Crippen molar-refractivity contribution in [2.24, 2.45) is 39.7 Å². The van der Waals surface area contributed by atoms with Gasteiger partial charge in [0.15, 0.2) is 12.6 Å². The Bertz CT molecular complexity index is 661. The van der Waals surface area contributed by atoms with Crippen LogP contribution >= 0.6 is 0 Å². The Hall–Kier alpha value is -1.14. The monoisotopic (exact) mass is 377 g/mol. The summed E-state index contributed by atoms with van der Waals surface area (Å²) in [5, 5.41) is 4.21. The third-order valence-electron chi connectivity index (χ3n) is 9.01. The lowest BCUT2D eigenvalue weighted by molar-refractivity contribution is -0.436. The van der Waals surface area contributed by atoms with Crippen LogP contribution in [0.5, 0.6) is 0 Å². The van der Waals surface area contributed by atoms with Crippen LogP contribution < -0.4 is 0 Å². The van der Waals surface area contributed by atoms with Crippen LogP contribution in [-0.2, 0) is 23.8 Å². The third-order valence-corrected chi connectivity index (χ3v) is 9.01. The zero-order valence-corrected chi connectivity index (χ0v) is 16.6. The second kappa shape index (κ2) is 5.93. The van der Waals surface area contributed by atoms with Crippen molar-refractivity contribution in [3.05, 3.63) is 0 Å². The Labute approximate surface area is 160 Å². The van der Waals surface area contributed by atoms with Crippen LogP contribution in [0.3, 0.4) is 0 Å². The third kappa shape index (κ3) is 2.26. The van der Waals surface area contributed by atoms with Crippen LogP contribution in [0.1, 0.15) is 58.8 Å². The smallest absolute Gasteiger partial charge is 0.309 e. The maximum Gasteiger partial charge on any atom is 0.309 e. The molecule has 0 N–H and O–H groups in total. The van der Waals surface area contributed by atoms with Crippen molar-refractivity contribution in [3.8, 4) is 0 Å². The molecule has 2 bridgehead atoms. The predicted octanol–water partition coefficient (Wildman–Crippen LogP) is 3.49. The number of esters is 1. The first-order chi connectivity index (χ1) is 12.9. The topological polar surface area (TPSA) is 66.4 Å². The zero-order valence-electron chi connectivity index (χ0n) is 16.6. The van der Waals surface area contributed by atoms with Gasteiger partial charge in [0, 0.05) is 24.0 Å². The first-order valence-electron chi connectivity index (χ1n) is 10.5. The molecule has 3 saturated carbocycles. The molecule has 5 aliphatic rings. The van der Waals surface area contributed by atoms with Gasteiger partial charge in [0.2, 0.25) is 0 Å². The Morgan fingerprint density at radius 3 is 2.59 bits per heavy atom. The van der Waals surface area contributed by atoms with Crippen LogP contribution in [0.15, 0.2) is 5.16 Å². The maximum absolute atomic E-state index is 12.6. The second-order valence-electron chi connectivity index (χ2n) is 9.77. The average Bonchev–Trinajstić information content (AvgIpc) is 3.11. The molecule has 6 heteroatoms. The number of fused-ring (bicyclic) bond motifs is 4. The molecule has 5 rings (SSSR count). The fourth-order valence-corrected chi connectivity index (χ4v) is 7.40. The summed E-state index contributed by atoms with van der Waals surface area (Å²) in [5.41, 5.74) is -0.0388. The van der Waals surface area contributed by atoms with Gasteiger partial charge in [-0.15, -0.1) is 0 Å². The number of oxime groups is 1. The highest BCUT2D eigenvalue weighted by molar-refractivity contribution is 5.76. The molecule has 27 heavy (non-hydrogen) atoms. The molecular weight excluding hydrogens is 346 g/mol. The molecule has 3 aliphatic carbocycles. The van der Waals surface area contributed by atoms with E-state index >= 15 is 0 Å². The normalized spacial score (nSPS) is 50.5. The van der Waals surface area contributed by atoms with E-state index in [4.69, 9.17) is 19.0 Å². The van der Waals surface area contributed by atoms with Gasteiger partial charge in [0.25, 0.3) is 0 Å². The van der Waals surface area contributed by atoms with Gasteiger partial charge in [-0.3, -0.25) is 4.79 Å². The highest BCUT2D eigenvalue weighted by atomic mass is 16.9.